The van der Waals surface area contributed by atoms with Crippen molar-refractivity contribution in [3.8, 4) is 11.5 Å². The predicted octanol–water partition coefficient (Wildman–Crippen LogP) is 3.81. The molecule has 2 N–H and O–H groups in total. The molecule has 1 heterocycles. The average Bonchev–Trinajstić information content (AvgIpc) is 2.75. The lowest BCUT2D eigenvalue weighted by Crippen LogP contribution is -2.26. The second kappa shape index (κ2) is 9.41. The zero-order valence-corrected chi connectivity index (χ0v) is 15.9. The molecule has 1 aromatic heterocycles. The van der Waals surface area contributed by atoms with Crippen LogP contribution in [0.1, 0.15) is 16.1 Å². The van der Waals surface area contributed by atoms with Gasteiger partial charge in [0.2, 0.25) is 0 Å². The van der Waals surface area contributed by atoms with Gasteiger partial charge < -0.3 is 20.1 Å². The minimum Gasteiger partial charge on any atom is -0.497 e. The molecule has 0 bridgehead atoms. The molecule has 0 saturated carbocycles. The number of carbonyl (C=O) groups excluding carboxylic acids is 1. The summed E-state index contributed by atoms with van der Waals surface area (Å²) in [6.45, 7) is 0.525. The number of hydrogen-bond donors (Lipinski definition) is 2. The highest BCUT2D eigenvalue weighted by Crippen LogP contribution is 2.26. The Morgan fingerprint density at radius 2 is 1.79 bits per heavy atom. The molecule has 0 spiro atoms. The van der Waals surface area contributed by atoms with Crippen molar-refractivity contribution in [3.63, 3.8) is 0 Å². The van der Waals surface area contributed by atoms with Crippen LogP contribution in [0.3, 0.4) is 0 Å². The van der Waals surface area contributed by atoms with Crippen molar-refractivity contribution in [2.45, 2.75) is 6.42 Å². The number of amides is 1. The molecule has 0 aliphatic carbocycles. The summed E-state index contributed by atoms with van der Waals surface area (Å²) in [5, 5.41) is 6.16. The minimum absolute atomic E-state index is 0.211. The molecule has 6 nitrogen and oxygen atoms in total. The van der Waals surface area contributed by atoms with E-state index in [2.05, 4.69) is 15.6 Å². The first kappa shape index (κ1) is 19.2. The Labute approximate surface area is 164 Å². The highest BCUT2D eigenvalue weighted by Gasteiger charge is 2.09. The van der Waals surface area contributed by atoms with E-state index >= 15 is 0 Å². The van der Waals surface area contributed by atoms with Gasteiger partial charge >= 0.3 is 0 Å². The molecule has 0 radical (unpaired) electrons. The highest BCUT2D eigenvalue weighted by molar-refractivity contribution is 5.93. The number of hydrogen-bond acceptors (Lipinski definition) is 5. The fraction of sp³-hybridized carbons (Fsp3) is 0.182. The van der Waals surface area contributed by atoms with Crippen molar-refractivity contribution in [1.82, 2.24) is 10.3 Å². The van der Waals surface area contributed by atoms with Crippen molar-refractivity contribution >= 4 is 17.3 Å². The van der Waals surface area contributed by atoms with Crippen LogP contribution in [0.5, 0.6) is 11.5 Å². The molecular formula is C22H23N3O3. The summed E-state index contributed by atoms with van der Waals surface area (Å²) in [5.74, 6) is 1.33. The Morgan fingerprint density at radius 3 is 2.54 bits per heavy atom. The third kappa shape index (κ3) is 5.01. The van der Waals surface area contributed by atoms with Crippen LogP contribution in [0.4, 0.5) is 11.4 Å². The maximum Gasteiger partial charge on any atom is 0.269 e. The van der Waals surface area contributed by atoms with Crippen molar-refractivity contribution in [1.29, 1.82) is 0 Å². The van der Waals surface area contributed by atoms with Crippen molar-refractivity contribution in [3.05, 3.63) is 78.1 Å². The van der Waals surface area contributed by atoms with E-state index in [-0.39, 0.29) is 5.91 Å². The number of anilines is 2. The van der Waals surface area contributed by atoms with Crippen LogP contribution < -0.4 is 20.1 Å². The first-order valence-electron chi connectivity index (χ1n) is 8.97. The van der Waals surface area contributed by atoms with E-state index in [4.69, 9.17) is 9.47 Å². The molecule has 1 amide bonds. The monoisotopic (exact) mass is 377 g/mol. The van der Waals surface area contributed by atoms with Gasteiger partial charge in [-0.15, -0.1) is 0 Å². The highest BCUT2D eigenvalue weighted by atomic mass is 16.5. The molecule has 6 heteroatoms. The van der Waals surface area contributed by atoms with Crippen LogP contribution in [0.2, 0.25) is 0 Å². The van der Waals surface area contributed by atoms with Gasteiger partial charge in [0.25, 0.3) is 5.91 Å². The van der Waals surface area contributed by atoms with E-state index in [1.807, 2.05) is 48.5 Å². The van der Waals surface area contributed by atoms with Crippen molar-refractivity contribution in [2.24, 2.45) is 0 Å². The Balaban J connectivity index is 1.58. The van der Waals surface area contributed by atoms with E-state index in [1.54, 1.807) is 32.5 Å². The molecule has 3 rings (SSSR count). The smallest absolute Gasteiger partial charge is 0.269 e. The van der Waals surface area contributed by atoms with Crippen molar-refractivity contribution < 1.29 is 14.3 Å². The zero-order chi connectivity index (χ0) is 19.8. The number of nitrogens with zero attached hydrogens (tertiary/aromatic N) is 1. The molecule has 3 aromatic rings. The molecule has 0 fully saturated rings. The number of ether oxygens (including phenoxy) is 2. The SMILES string of the molecule is COc1ccc(CCNC(=O)c2cc(Nc3ccccc3OC)ccn2)cc1. The van der Waals surface area contributed by atoms with Crippen LogP contribution in [0.15, 0.2) is 66.9 Å². The topological polar surface area (TPSA) is 72.5 Å². The predicted molar refractivity (Wildman–Crippen MR) is 110 cm³/mol. The maximum absolute atomic E-state index is 12.4. The standard InChI is InChI=1S/C22H23N3O3/c1-27-18-9-7-16(8-10-18)11-13-24-22(26)20-15-17(12-14-23-20)25-19-5-3-4-6-21(19)28-2/h3-10,12,14-15H,11,13H2,1-2H3,(H,23,25)(H,24,26). The third-order valence-electron chi connectivity index (χ3n) is 4.24. The van der Waals surface area contributed by atoms with Gasteiger partial charge in [0.15, 0.2) is 0 Å². The Bertz CT molecular complexity index is 926. The summed E-state index contributed by atoms with van der Waals surface area (Å²) in [6.07, 6.45) is 2.34. The van der Waals surface area contributed by atoms with E-state index in [1.165, 1.54) is 0 Å². The number of nitrogens with one attached hydrogen (secondary N) is 2. The van der Waals surface area contributed by atoms with E-state index in [0.29, 0.717) is 12.2 Å². The summed E-state index contributed by atoms with van der Waals surface area (Å²) in [4.78, 5) is 16.6. The molecule has 2 aromatic carbocycles. The minimum atomic E-state index is -0.211. The molecule has 0 atom stereocenters. The number of benzene rings is 2. The number of para-hydroxylation sites is 2. The number of rotatable bonds is 8. The van der Waals surface area contributed by atoms with Crippen molar-refractivity contribution in [2.75, 3.05) is 26.1 Å². The number of methoxy groups -OCH3 is 2. The molecule has 0 aliphatic heterocycles. The second-order valence-corrected chi connectivity index (χ2v) is 6.11. The molecule has 0 unspecified atom stereocenters. The average molecular weight is 377 g/mol. The first-order valence-corrected chi connectivity index (χ1v) is 8.97. The second-order valence-electron chi connectivity index (χ2n) is 6.11. The van der Waals surface area contributed by atoms with Gasteiger partial charge in [-0.25, -0.2) is 0 Å². The molecule has 28 heavy (non-hydrogen) atoms. The fourth-order valence-electron chi connectivity index (χ4n) is 2.74. The zero-order valence-electron chi connectivity index (χ0n) is 15.9. The molecular weight excluding hydrogens is 354 g/mol. The summed E-state index contributed by atoms with van der Waals surface area (Å²) in [7, 11) is 3.26. The Morgan fingerprint density at radius 1 is 1.00 bits per heavy atom. The Kier molecular flexibility index (Phi) is 6.46. The number of carbonyl (C=O) groups is 1. The van der Waals surface area contributed by atoms with E-state index < -0.39 is 0 Å². The maximum atomic E-state index is 12.4. The van der Waals surface area contributed by atoms with Crippen LogP contribution >= 0.6 is 0 Å². The van der Waals surface area contributed by atoms with Crippen LogP contribution in [-0.4, -0.2) is 31.7 Å². The summed E-state index contributed by atoms with van der Waals surface area (Å²) in [5.41, 5.74) is 3.07. The first-order chi connectivity index (χ1) is 13.7. The summed E-state index contributed by atoms with van der Waals surface area (Å²) >= 11 is 0. The van der Waals surface area contributed by atoms with Crippen LogP contribution in [0, 0.1) is 0 Å². The van der Waals surface area contributed by atoms with Gasteiger partial charge in [-0.3, -0.25) is 9.78 Å². The molecule has 0 aliphatic rings. The third-order valence-corrected chi connectivity index (χ3v) is 4.24. The quantitative estimate of drug-likeness (QED) is 0.624. The van der Waals surface area contributed by atoms with Gasteiger partial charge in [0, 0.05) is 18.4 Å². The number of pyridine rings is 1. The normalized spacial score (nSPS) is 10.2. The summed E-state index contributed by atoms with van der Waals surface area (Å²) < 4.78 is 10.5. The summed E-state index contributed by atoms with van der Waals surface area (Å²) in [6, 6.07) is 18.9. The van der Waals surface area contributed by atoms with Crippen LogP contribution in [-0.2, 0) is 6.42 Å². The van der Waals surface area contributed by atoms with E-state index in [9.17, 15) is 4.79 Å². The van der Waals surface area contributed by atoms with E-state index in [0.717, 1.165) is 34.9 Å². The van der Waals surface area contributed by atoms with Gasteiger partial charge in [0.1, 0.15) is 17.2 Å². The molecule has 0 saturated heterocycles. The van der Waals surface area contributed by atoms with Gasteiger partial charge in [-0.05, 0) is 48.4 Å². The molecule has 144 valence electrons. The lowest BCUT2D eigenvalue weighted by Gasteiger charge is -2.11. The van der Waals surface area contributed by atoms with Crippen LogP contribution in [0.25, 0.3) is 0 Å². The van der Waals surface area contributed by atoms with Gasteiger partial charge in [-0.1, -0.05) is 24.3 Å². The largest absolute Gasteiger partial charge is 0.497 e. The Hall–Kier alpha value is -3.54. The fourth-order valence-corrected chi connectivity index (χ4v) is 2.74. The van der Waals surface area contributed by atoms with Gasteiger partial charge in [-0.2, -0.15) is 0 Å². The number of aromatic nitrogens is 1. The van der Waals surface area contributed by atoms with Gasteiger partial charge in [0.05, 0.1) is 19.9 Å². The lowest BCUT2D eigenvalue weighted by atomic mass is 10.1. The lowest BCUT2D eigenvalue weighted by molar-refractivity contribution is 0.0949.